The number of hydrogen-bond acceptors (Lipinski definition) is 3. The number of benzene rings is 1. The maximum Gasteiger partial charge on any atom is 0.256 e. The van der Waals surface area contributed by atoms with Crippen molar-refractivity contribution in [1.82, 2.24) is 4.98 Å². The van der Waals surface area contributed by atoms with Crippen molar-refractivity contribution in [2.24, 2.45) is 0 Å². The molecule has 2 N–H and O–H groups in total. The standard InChI is InChI=1S/C16H17N3O/c1-11-7-8-12(10-18-11)19-16(20)14-4-2-6-15-13(14)5-3-9-17-15/h2,4,6-8,10,17H,3,5,9H2,1H3,(H,19,20). The highest BCUT2D eigenvalue weighted by atomic mass is 16.1. The van der Waals surface area contributed by atoms with Crippen molar-refractivity contribution < 1.29 is 4.79 Å². The van der Waals surface area contributed by atoms with Gasteiger partial charge in [0, 0.05) is 23.5 Å². The average molecular weight is 267 g/mol. The van der Waals surface area contributed by atoms with Crippen molar-refractivity contribution in [3.63, 3.8) is 0 Å². The monoisotopic (exact) mass is 267 g/mol. The van der Waals surface area contributed by atoms with Gasteiger partial charge in [-0.1, -0.05) is 6.07 Å². The molecule has 2 aromatic rings. The molecule has 20 heavy (non-hydrogen) atoms. The van der Waals surface area contributed by atoms with Gasteiger partial charge in [-0.3, -0.25) is 9.78 Å². The Bertz CT molecular complexity index is 635. The lowest BCUT2D eigenvalue weighted by Gasteiger charge is -2.20. The van der Waals surface area contributed by atoms with Crippen molar-refractivity contribution in [3.8, 4) is 0 Å². The minimum Gasteiger partial charge on any atom is -0.385 e. The van der Waals surface area contributed by atoms with Gasteiger partial charge >= 0.3 is 0 Å². The van der Waals surface area contributed by atoms with E-state index in [2.05, 4.69) is 15.6 Å². The molecule has 0 saturated carbocycles. The third-order valence-corrected chi connectivity index (χ3v) is 3.51. The summed E-state index contributed by atoms with van der Waals surface area (Å²) in [5, 5.41) is 6.24. The lowest BCUT2D eigenvalue weighted by atomic mass is 9.97. The number of nitrogens with one attached hydrogen (secondary N) is 2. The number of fused-ring (bicyclic) bond motifs is 1. The van der Waals surface area contributed by atoms with E-state index in [9.17, 15) is 4.79 Å². The largest absolute Gasteiger partial charge is 0.385 e. The van der Waals surface area contributed by atoms with Crippen molar-refractivity contribution in [1.29, 1.82) is 0 Å². The van der Waals surface area contributed by atoms with E-state index in [-0.39, 0.29) is 5.91 Å². The topological polar surface area (TPSA) is 54.0 Å². The zero-order valence-corrected chi connectivity index (χ0v) is 11.4. The Hall–Kier alpha value is -2.36. The first-order chi connectivity index (χ1) is 9.74. The highest BCUT2D eigenvalue weighted by molar-refractivity contribution is 6.06. The third kappa shape index (κ3) is 2.50. The van der Waals surface area contributed by atoms with E-state index in [4.69, 9.17) is 0 Å². The molecule has 1 aromatic heterocycles. The third-order valence-electron chi connectivity index (χ3n) is 3.51. The van der Waals surface area contributed by atoms with Crippen LogP contribution in [0.25, 0.3) is 0 Å². The number of aromatic nitrogens is 1. The number of amides is 1. The van der Waals surface area contributed by atoms with E-state index in [0.717, 1.165) is 47.6 Å². The number of hydrogen-bond donors (Lipinski definition) is 2. The first-order valence-electron chi connectivity index (χ1n) is 6.84. The number of aryl methyl sites for hydroxylation is 1. The molecular weight excluding hydrogens is 250 g/mol. The fourth-order valence-corrected chi connectivity index (χ4v) is 2.46. The lowest BCUT2D eigenvalue weighted by Crippen LogP contribution is -2.19. The molecule has 0 unspecified atom stereocenters. The van der Waals surface area contributed by atoms with Gasteiger partial charge in [0.2, 0.25) is 0 Å². The van der Waals surface area contributed by atoms with Crippen LogP contribution in [0.3, 0.4) is 0 Å². The molecule has 0 radical (unpaired) electrons. The van der Waals surface area contributed by atoms with Crippen LogP contribution >= 0.6 is 0 Å². The van der Waals surface area contributed by atoms with Crippen LogP contribution in [0, 0.1) is 6.92 Å². The van der Waals surface area contributed by atoms with Crippen LogP contribution in [0.4, 0.5) is 11.4 Å². The molecule has 4 heteroatoms. The Balaban J connectivity index is 1.85. The van der Waals surface area contributed by atoms with E-state index < -0.39 is 0 Å². The first kappa shape index (κ1) is 12.7. The molecule has 1 aromatic carbocycles. The minimum atomic E-state index is -0.0730. The zero-order chi connectivity index (χ0) is 13.9. The fraction of sp³-hybridized carbons (Fsp3) is 0.250. The van der Waals surface area contributed by atoms with Crippen LogP contribution < -0.4 is 10.6 Å². The quantitative estimate of drug-likeness (QED) is 0.879. The molecule has 1 amide bonds. The number of anilines is 2. The molecule has 0 atom stereocenters. The van der Waals surface area contributed by atoms with Gasteiger partial charge < -0.3 is 10.6 Å². The summed E-state index contributed by atoms with van der Waals surface area (Å²) in [6, 6.07) is 9.58. The Morgan fingerprint density at radius 3 is 3.00 bits per heavy atom. The molecule has 1 aliphatic heterocycles. The summed E-state index contributed by atoms with van der Waals surface area (Å²) in [7, 11) is 0. The van der Waals surface area contributed by atoms with Crippen molar-refractivity contribution >= 4 is 17.3 Å². The van der Waals surface area contributed by atoms with E-state index in [1.807, 2.05) is 37.3 Å². The normalized spacial score (nSPS) is 13.2. The van der Waals surface area contributed by atoms with Gasteiger partial charge in [0.1, 0.15) is 0 Å². The molecule has 1 aliphatic rings. The maximum atomic E-state index is 12.4. The molecule has 0 saturated heterocycles. The van der Waals surface area contributed by atoms with Crippen LogP contribution in [0.15, 0.2) is 36.5 Å². The number of rotatable bonds is 2. The molecule has 0 bridgehead atoms. The van der Waals surface area contributed by atoms with Crippen molar-refractivity contribution in [2.75, 3.05) is 17.2 Å². The number of pyridine rings is 1. The maximum absolute atomic E-state index is 12.4. The Labute approximate surface area is 118 Å². The number of nitrogens with zero attached hydrogens (tertiary/aromatic N) is 1. The average Bonchev–Trinajstić information content (AvgIpc) is 2.49. The summed E-state index contributed by atoms with van der Waals surface area (Å²) in [5.41, 5.74) is 4.59. The molecule has 3 rings (SSSR count). The predicted octanol–water partition coefficient (Wildman–Crippen LogP) is 3.00. The smallest absolute Gasteiger partial charge is 0.256 e. The molecule has 102 valence electrons. The number of carbonyl (C=O) groups is 1. The van der Waals surface area contributed by atoms with Gasteiger partial charge in [-0.05, 0) is 49.6 Å². The minimum absolute atomic E-state index is 0.0730. The van der Waals surface area contributed by atoms with Crippen molar-refractivity contribution in [2.45, 2.75) is 19.8 Å². The SMILES string of the molecule is Cc1ccc(NC(=O)c2cccc3c2CCCN3)cn1. The van der Waals surface area contributed by atoms with Gasteiger partial charge in [-0.2, -0.15) is 0 Å². The lowest BCUT2D eigenvalue weighted by molar-refractivity contribution is 0.102. The summed E-state index contributed by atoms with van der Waals surface area (Å²) in [6.07, 6.45) is 3.68. The Morgan fingerprint density at radius 2 is 2.20 bits per heavy atom. The van der Waals surface area contributed by atoms with Crippen LogP contribution in [0.2, 0.25) is 0 Å². The second-order valence-corrected chi connectivity index (χ2v) is 5.00. The van der Waals surface area contributed by atoms with E-state index >= 15 is 0 Å². The summed E-state index contributed by atoms with van der Waals surface area (Å²) in [4.78, 5) is 16.6. The van der Waals surface area contributed by atoms with E-state index in [1.165, 1.54) is 0 Å². The van der Waals surface area contributed by atoms with Crippen LogP contribution in [0.5, 0.6) is 0 Å². The van der Waals surface area contributed by atoms with E-state index in [1.54, 1.807) is 6.20 Å². The first-order valence-corrected chi connectivity index (χ1v) is 6.84. The highest BCUT2D eigenvalue weighted by Gasteiger charge is 2.17. The van der Waals surface area contributed by atoms with Gasteiger partial charge in [-0.25, -0.2) is 0 Å². The molecule has 2 heterocycles. The molecular formula is C16H17N3O. The second-order valence-electron chi connectivity index (χ2n) is 5.00. The summed E-state index contributed by atoms with van der Waals surface area (Å²) < 4.78 is 0. The van der Waals surface area contributed by atoms with E-state index in [0.29, 0.717) is 0 Å². The Kier molecular flexibility index (Phi) is 3.37. The zero-order valence-electron chi connectivity index (χ0n) is 11.4. The summed E-state index contributed by atoms with van der Waals surface area (Å²) in [5.74, 6) is -0.0730. The van der Waals surface area contributed by atoms with Crippen LogP contribution in [0.1, 0.15) is 28.0 Å². The highest BCUT2D eigenvalue weighted by Crippen LogP contribution is 2.25. The van der Waals surface area contributed by atoms with Gasteiger partial charge in [0.25, 0.3) is 5.91 Å². The van der Waals surface area contributed by atoms with Gasteiger partial charge in [0.15, 0.2) is 0 Å². The van der Waals surface area contributed by atoms with Crippen LogP contribution in [-0.4, -0.2) is 17.4 Å². The predicted molar refractivity (Wildman–Crippen MR) is 80.2 cm³/mol. The Morgan fingerprint density at radius 1 is 1.30 bits per heavy atom. The summed E-state index contributed by atoms with van der Waals surface area (Å²) in [6.45, 7) is 2.89. The molecule has 0 aliphatic carbocycles. The fourth-order valence-electron chi connectivity index (χ4n) is 2.46. The van der Waals surface area contributed by atoms with Crippen LogP contribution in [-0.2, 0) is 6.42 Å². The van der Waals surface area contributed by atoms with Crippen molar-refractivity contribution in [3.05, 3.63) is 53.3 Å². The molecule has 0 fully saturated rings. The van der Waals surface area contributed by atoms with Gasteiger partial charge in [0.05, 0.1) is 11.9 Å². The molecule has 0 spiro atoms. The second kappa shape index (κ2) is 5.33. The van der Waals surface area contributed by atoms with Gasteiger partial charge in [-0.15, -0.1) is 0 Å². The molecule has 4 nitrogen and oxygen atoms in total. The summed E-state index contributed by atoms with van der Waals surface area (Å²) >= 11 is 0. The number of carbonyl (C=O) groups excluding carboxylic acids is 1.